The van der Waals surface area contributed by atoms with Gasteiger partial charge in [0.15, 0.2) is 0 Å². The quantitative estimate of drug-likeness (QED) is 0.856. The molecule has 0 saturated carbocycles. The second kappa shape index (κ2) is 5.77. The first-order valence-corrected chi connectivity index (χ1v) is 6.39. The Morgan fingerprint density at radius 2 is 2.20 bits per heavy atom. The molecule has 20 heavy (non-hydrogen) atoms. The highest BCUT2D eigenvalue weighted by Gasteiger charge is 2.14. The lowest BCUT2D eigenvalue weighted by molar-refractivity contribution is 0.0784. The summed E-state index contributed by atoms with van der Waals surface area (Å²) in [5.74, 6) is 0.692. The highest BCUT2D eigenvalue weighted by atomic mass is 16.5. The van der Waals surface area contributed by atoms with Gasteiger partial charge in [-0.1, -0.05) is 6.07 Å². The molecule has 0 bridgehead atoms. The summed E-state index contributed by atoms with van der Waals surface area (Å²) in [7, 11) is 5.24. The summed E-state index contributed by atoms with van der Waals surface area (Å²) in [4.78, 5) is 14.0. The van der Waals surface area contributed by atoms with E-state index in [1.54, 1.807) is 36.0 Å². The van der Waals surface area contributed by atoms with Gasteiger partial charge in [0.2, 0.25) is 0 Å². The molecule has 5 nitrogen and oxygen atoms in total. The first kappa shape index (κ1) is 14.1. The third kappa shape index (κ3) is 2.99. The lowest BCUT2D eigenvalue weighted by atomic mass is 10.1. The Balaban J connectivity index is 2.14. The number of nitrogens with zero attached hydrogens (tertiary/aromatic N) is 3. The van der Waals surface area contributed by atoms with Crippen LogP contribution in [0, 0.1) is 6.92 Å². The van der Waals surface area contributed by atoms with E-state index in [0.717, 1.165) is 16.9 Å². The standard InChI is InChI=1S/C15H19N3O2/c1-11-5-6-13(7-14(11)20-4)15(19)17(2)9-12-8-16-18(3)10-12/h5-8,10H,9H2,1-4H3. The van der Waals surface area contributed by atoms with Crippen molar-refractivity contribution < 1.29 is 9.53 Å². The van der Waals surface area contributed by atoms with E-state index in [-0.39, 0.29) is 5.91 Å². The van der Waals surface area contributed by atoms with Crippen molar-refractivity contribution in [1.82, 2.24) is 14.7 Å². The van der Waals surface area contributed by atoms with Crippen LogP contribution in [0.1, 0.15) is 21.5 Å². The van der Waals surface area contributed by atoms with Gasteiger partial charge in [0.25, 0.3) is 5.91 Å². The lowest BCUT2D eigenvalue weighted by Crippen LogP contribution is -2.26. The van der Waals surface area contributed by atoms with Crippen LogP contribution in [-0.4, -0.2) is 34.7 Å². The second-order valence-electron chi connectivity index (χ2n) is 4.87. The number of ether oxygens (including phenoxy) is 1. The molecule has 0 aliphatic carbocycles. The van der Waals surface area contributed by atoms with Crippen molar-refractivity contribution >= 4 is 5.91 Å². The number of carbonyl (C=O) groups is 1. The van der Waals surface area contributed by atoms with Gasteiger partial charge in [0, 0.05) is 38.0 Å². The zero-order chi connectivity index (χ0) is 14.7. The fraction of sp³-hybridized carbons (Fsp3) is 0.333. The Bertz CT molecular complexity index is 619. The van der Waals surface area contributed by atoms with Crippen LogP contribution >= 0.6 is 0 Å². The van der Waals surface area contributed by atoms with Gasteiger partial charge in [0.05, 0.1) is 13.3 Å². The van der Waals surface area contributed by atoms with Gasteiger partial charge in [-0.25, -0.2) is 0 Å². The number of carbonyl (C=O) groups excluding carboxylic acids is 1. The van der Waals surface area contributed by atoms with Crippen molar-refractivity contribution in [3.8, 4) is 5.75 Å². The zero-order valence-corrected chi connectivity index (χ0v) is 12.3. The topological polar surface area (TPSA) is 47.4 Å². The maximum absolute atomic E-state index is 12.4. The van der Waals surface area contributed by atoms with Crippen molar-refractivity contribution in [2.24, 2.45) is 7.05 Å². The average molecular weight is 273 g/mol. The number of methoxy groups -OCH3 is 1. The predicted octanol–water partition coefficient (Wildman–Crippen LogP) is 2.01. The molecule has 0 unspecified atom stereocenters. The number of rotatable bonds is 4. The molecule has 0 atom stereocenters. The van der Waals surface area contributed by atoms with Crippen molar-refractivity contribution in [3.05, 3.63) is 47.3 Å². The number of aromatic nitrogens is 2. The van der Waals surface area contributed by atoms with Gasteiger partial charge in [0.1, 0.15) is 5.75 Å². The van der Waals surface area contributed by atoms with Crippen LogP contribution in [0.2, 0.25) is 0 Å². The Morgan fingerprint density at radius 3 is 2.80 bits per heavy atom. The van der Waals surface area contributed by atoms with Crippen LogP contribution in [0.3, 0.4) is 0 Å². The van der Waals surface area contributed by atoms with Crippen LogP contribution in [0.4, 0.5) is 0 Å². The van der Waals surface area contributed by atoms with E-state index in [0.29, 0.717) is 12.1 Å². The maximum atomic E-state index is 12.4. The van der Waals surface area contributed by atoms with Gasteiger partial charge in [-0.05, 0) is 24.6 Å². The molecular formula is C15H19N3O2. The summed E-state index contributed by atoms with van der Waals surface area (Å²) < 4.78 is 6.98. The molecule has 1 aromatic heterocycles. The molecule has 0 fully saturated rings. The van der Waals surface area contributed by atoms with E-state index in [9.17, 15) is 4.79 Å². The van der Waals surface area contributed by atoms with E-state index in [1.807, 2.05) is 32.3 Å². The monoisotopic (exact) mass is 273 g/mol. The Hall–Kier alpha value is -2.30. The fourth-order valence-corrected chi connectivity index (χ4v) is 2.07. The summed E-state index contributed by atoms with van der Waals surface area (Å²) in [5, 5.41) is 4.10. The van der Waals surface area contributed by atoms with E-state index >= 15 is 0 Å². The first-order chi connectivity index (χ1) is 9.51. The van der Waals surface area contributed by atoms with E-state index < -0.39 is 0 Å². The third-order valence-corrected chi connectivity index (χ3v) is 3.18. The van der Waals surface area contributed by atoms with Crippen molar-refractivity contribution in [2.75, 3.05) is 14.2 Å². The maximum Gasteiger partial charge on any atom is 0.254 e. The summed E-state index contributed by atoms with van der Waals surface area (Å²) in [6.45, 7) is 2.48. The highest BCUT2D eigenvalue weighted by Crippen LogP contribution is 2.20. The summed E-state index contributed by atoms with van der Waals surface area (Å²) in [6, 6.07) is 5.49. The van der Waals surface area contributed by atoms with Crippen molar-refractivity contribution in [1.29, 1.82) is 0 Å². The molecule has 1 aromatic carbocycles. The molecule has 2 rings (SSSR count). The summed E-state index contributed by atoms with van der Waals surface area (Å²) in [6.07, 6.45) is 3.67. The molecule has 106 valence electrons. The summed E-state index contributed by atoms with van der Waals surface area (Å²) in [5.41, 5.74) is 2.64. The largest absolute Gasteiger partial charge is 0.496 e. The van der Waals surface area contributed by atoms with Crippen LogP contribution in [0.15, 0.2) is 30.6 Å². The third-order valence-electron chi connectivity index (χ3n) is 3.18. The minimum Gasteiger partial charge on any atom is -0.496 e. The summed E-state index contributed by atoms with van der Waals surface area (Å²) >= 11 is 0. The Kier molecular flexibility index (Phi) is 4.08. The number of benzene rings is 1. The molecule has 5 heteroatoms. The normalized spacial score (nSPS) is 10.4. The van der Waals surface area contributed by atoms with Crippen LogP contribution in [0.5, 0.6) is 5.75 Å². The first-order valence-electron chi connectivity index (χ1n) is 6.39. The van der Waals surface area contributed by atoms with Crippen LogP contribution in [-0.2, 0) is 13.6 Å². The molecule has 1 amide bonds. The molecular weight excluding hydrogens is 254 g/mol. The molecule has 0 spiro atoms. The predicted molar refractivity (Wildman–Crippen MR) is 76.7 cm³/mol. The minimum absolute atomic E-state index is 0.0350. The SMILES string of the molecule is COc1cc(C(=O)N(C)Cc2cnn(C)c2)ccc1C. The van der Waals surface area contributed by atoms with Gasteiger partial charge in [-0.15, -0.1) is 0 Å². The second-order valence-corrected chi connectivity index (χ2v) is 4.87. The molecule has 1 heterocycles. The van der Waals surface area contributed by atoms with Crippen LogP contribution < -0.4 is 4.74 Å². The van der Waals surface area contributed by atoms with Gasteiger partial charge >= 0.3 is 0 Å². The fourth-order valence-electron chi connectivity index (χ4n) is 2.07. The number of hydrogen-bond donors (Lipinski definition) is 0. The lowest BCUT2D eigenvalue weighted by Gasteiger charge is -2.17. The molecule has 0 saturated heterocycles. The highest BCUT2D eigenvalue weighted by molar-refractivity contribution is 5.94. The van der Waals surface area contributed by atoms with Crippen LogP contribution in [0.25, 0.3) is 0 Å². The number of aryl methyl sites for hydroxylation is 2. The van der Waals surface area contributed by atoms with Gasteiger partial charge in [-0.2, -0.15) is 5.10 Å². The molecule has 0 aliphatic rings. The van der Waals surface area contributed by atoms with E-state index in [1.165, 1.54) is 0 Å². The number of amides is 1. The number of hydrogen-bond acceptors (Lipinski definition) is 3. The van der Waals surface area contributed by atoms with Crippen molar-refractivity contribution in [3.63, 3.8) is 0 Å². The van der Waals surface area contributed by atoms with Gasteiger partial charge in [-0.3, -0.25) is 9.48 Å². The van der Waals surface area contributed by atoms with Gasteiger partial charge < -0.3 is 9.64 Å². The van der Waals surface area contributed by atoms with E-state index in [4.69, 9.17) is 4.74 Å². The molecule has 2 aromatic rings. The molecule has 0 aliphatic heterocycles. The van der Waals surface area contributed by atoms with E-state index in [2.05, 4.69) is 5.10 Å². The molecule has 0 radical (unpaired) electrons. The molecule has 0 N–H and O–H groups in total. The Morgan fingerprint density at radius 1 is 1.45 bits per heavy atom. The van der Waals surface area contributed by atoms with Crippen molar-refractivity contribution in [2.45, 2.75) is 13.5 Å². The Labute approximate surface area is 118 Å². The zero-order valence-electron chi connectivity index (χ0n) is 12.3. The average Bonchev–Trinajstić information content (AvgIpc) is 2.83. The minimum atomic E-state index is -0.0350. The smallest absolute Gasteiger partial charge is 0.254 e.